The number of methoxy groups -OCH3 is 1. The highest BCUT2D eigenvalue weighted by Gasteiger charge is 2.34. The van der Waals surface area contributed by atoms with Gasteiger partial charge in [0.05, 0.1) is 24.3 Å². The Kier molecular flexibility index (Phi) is 5.72. The number of hydrogen-bond acceptors (Lipinski definition) is 4. The first-order valence-electron chi connectivity index (χ1n) is 8.81. The number of carbonyl (C=O) groups is 2. The van der Waals surface area contributed by atoms with Gasteiger partial charge in [-0.15, -0.1) is 0 Å². The van der Waals surface area contributed by atoms with E-state index in [1.807, 2.05) is 24.3 Å². The molecule has 1 fully saturated rings. The standard InChI is InChI=1S/C21H21N3O3/c1-27-18-8-6-15(7-9-18)10-11-24-14-17(12-20(24)25)21(26)23-19-5-3-2-4-16(19)13-22/h2-9,17H,10-12,14H2,1H3,(H,23,26). The summed E-state index contributed by atoms with van der Waals surface area (Å²) in [5.41, 5.74) is 2.00. The second kappa shape index (κ2) is 8.37. The van der Waals surface area contributed by atoms with Gasteiger partial charge in [-0.25, -0.2) is 0 Å². The van der Waals surface area contributed by atoms with Crippen molar-refractivity contribution in [2.75, 3.05) is 25.5 Å². The minimum absolute atomic E-state index is 0.0165. The molecule has 0 aromatic heterocycles. The number of anilines is 1. The lowest BCUT2D eigenvalue weighted by atomic mass is 10.1. The van der Waals surface area contributed by atoms with Crippen molar-refractivity contribution in [2.24, 2.45) is 5.92 Å². The summed E-state index contributed by atoms with van der Waals surface area (Å²) in [5, 5.41) is 11.9. The van der Waals surface area contributed by atoms with Gasteiger partial charge in [0.25, 0.3) is 0 Å². The molecule has 1 N–H and O–H groups in total. The highest BCUT2D eigenvalue weighted by atomic mass is 16.5. The smallest absolute Gasteiger partial charge is 0.229 e. The molecule has 3 rings (SSSR count). The molecule has 1 unspecified atom stereocenters. The molecular weight excluding hydrogens is 342 g/mol. The van der Waals surface area contributed by atoms with Gasteiger partial charge in [-0.3, -0.25) is 9.59 Å². The SMILES string of the molecule is COc1ccc(CCN2CC(C(=O)Nc3ccccc3C#N)CC2=O)cc1. The van der Waals surface area contributed by atoms with E-state index in [-0.39, 0.29) is 18.2 Å². The number of rotatable bonds is 6. The summed E-state index contributed by atoms with van der Waals surface area (Å²) in [6.07, 6.45) is 0.921. The predicted octanol–water partition coefficient (Wildman–Crippen LogP) is 2.60. The maximum atomic E-state index is 12.5. The molecule has 0 spiro atoms. The lowest BCUT2D eigenvalue weighted by molar-refractivity contribution is -0.128. The van der Waals surface area contributed by atoms with Gasteiger partial charge in [-0.05, 0) is 36.2 Å². The molecule has 0 saturated carbocycles. The molecule has 1 aliphatic heterocycles. The summed E-state index contributed by atoms with van der Waals surface area (Å²) >= 11 is 0. The number of nitrogens with zero attached hydrogens (tertiary/aromatic N) is 2. The third-order valence-corrected chi connectivity index (χ3v) is 4.72. The monoisotopic (exact) mass is 363 g/mol. The largest absolute Gasteiger partial charge is 0.497 e. The molecule has 2 aromatic carbocycles. The minimum Gasteiger partial charge on any atom is -0.497 e. The predicted molar refractivity (Wildman–Crippen MR) is 101 cm³/mol. The van der Waals surface area contributed by atoms with Crippen molar-refractivity contribution in [3.8, 4) is 11.8 Å². The molecule has 6 heteroatoms. The average molecular weight is 363 g/mol. The van der Waals surface area contributed by atoms with Crippen molar-refractivity contribution >= 4 is 17.5 Å². The van der Waals surface area contributed by atoms with E-state index in [4.69, 9.17) is 10.00 Å². The number of para-hydroxylation sites is 1. The van der Waals surface area contributed by atoms with Crippen LogP contribution in [0.4, 0.5) is 5.69 Å². The molecule has 27 heavy (non-hydrogen) atoms. The minimum atomic E-state index is -0.403. The van der Waals surface area contributed by atoms with Crippen LogP contribution in [0.25, 0.3) is 0 Å². The van der Waals surface area contributed by atoms with Crippen LogP contribution < -0.4 is 10.1 Å². The van der Waals surface area contributed by atoms with Crippen molar-refractivity contribution in [2.45, 2.75) is 12.8 Å². The topological polar surface area (TPSA) is 82.4 Å². The highest BCUT2D eigenvalue weighted by Crippen LogP contribution is 2.22. The van der Waals surface area contributed by atoms with Crippen LogP contribution in [0, 0.1) is 17.2 Å². The van der Waals surface area contributed by atoms with Crippen molar-refractivity contribution in [1.82, 2.24) is 4.90 Å². The Morgan fingerprint density at radius 3 is 2.70 bits per heavy atom. The Hall–Kier alpha value is -3.33. The Balaban J connectivity index is 1.56. The van der Waals surface area contributed by atoms with E-state index < -0.39 is 5.92 Å². The normalized spacial score (nSPS) is 16.1. The van der Waals surface area contributed by atoms with Crippen LogP contribution in [0.15, 0.2) is 48.5 Å². The van der Waals surface area contributed by atoms with E-state index in [1.54, 1.807) is 36.3 Å². The second-order valence-corrected chi connectivity index (χ2v) is 6.49. The van der Waals surface area contributed by atoms with Gasteiger partial charge in [0.15, 0.2) is 0 Å². The number of nitrogens with one attached hydrogen (secondary N) is 1. The zero-order valence-electron chi connectivity index (χ0n) is 15.1. The van der Waals surface area contributed by atoms with E-state index in [0.29, 0.717) is 24.3 Å². The Morgan fingerprint density at radius 2 is 2.00 bits per heavy atom. The maximum absolute atomic E-state index is 12.5. The number of hydrogen-bond donors (Lipinski definition) is 1. The van der Waals surface area contributed by atoms with Gasteiger partial charge in [-0.2, -0.15) is 5.26 Å². The van der Waals surface area contributed by atoms with Crippen molar-refractivity contribution in [3.63, 3.8) is 0 Å². The van der Waals surface area contributed by atoms with Crippen LogP contribution in [0.2, 0.25) is 0 Å². The third kappa shape index (κ3) is 4.45. The summed E-state index contributed by atoms with van der Waals surface area (Å²) < 4.78 is 5.14. The first-order valence-corrected chi connectivity index (χ1v) is 8.81. The molecule has 2 aromatic rings. The van der Waals surface area contributed by atoms with Gasteiger partial charge in [0.1, 0.15) is 11.8 Å². The number of benzene rings is 2. The van der Waals surface area contributed by atoms with E-state index in [1.165, 1.54) is 0 Å². The number of carbonyl (C=O) groups excluding carboxylic acids is 2. The van der Waals surface area contributed by atoms with E-state index >= 15 is 0 Å². The van der Waals surface area contributed by atoms with E-state index in [0.717, 1.165) is 17.7 Å². The first kappa shape index (κ1) is 18.5. The summed E-state index contributed by atoms with van der Waals surface area (Å²) in [6.45, 7) is 0.971. The molecule has 0 radical (unpaired) electrons. The molecule has 1 aliphatic rings. The maximum Gasteiger partial charge on any atom is 0.229 e. The molecule has 1 saturated heterocycles. The van der Waals surface area contributed by atoms with Crippen LogP contribution in [0.3, 0.4) is 0 Å². The molecule has 6 nitrogen and oxygen atoms in total. The zero-order valence-corrected chi connectivity index (χ0v) is 15.1. The molecule has 1 atom stereocenters. The fourth-order valence-electron chi connectivity index (χ4n) is 3.14. The van der Waals surface area contributed by atoms with Crippen LogP contribution in [0.1, 0.15) is 17.5 Å². The Bertz CT molecular complexity index is 871. The van der Waals surface area contributed by atoms with Gasteiger partial charge < -0.3 is 15.0 Å². The number of likely N-dealkylation sites (tertiary alicyclic amines) is 1. The Labute approximate surface area is 158 Å². The first-order chi connectivity index (χ1) is 13.1. The van der Waals surface area contributed by atoms with Gasteiger partial charge in [0.2, 0.25) is 11.8 Å². The molecule has 0 bridgehead atoms. The number of nitriles is 1. The van der Waals surface area contributed by atoms with Crippen LogP contribution in [0.5, 0.6) is 5.75 Å². The van der Waals surface area contributed by atoms with Crippen molar-refractivity contribution in [3.05, 3.63) is 59.7 Å². The van der Waals surface area contributed by atoms with Crippen LogP contribution in [-0.4, -0.2) is 36.9 Å². The average Bonchev–Trinajstić information content (AvgIpc) is 3.08. The molecule has 138 valence electrons. The second-order valence-electron chi connectivity index (χ2n) is 6.49. The fourth-order valence-corrected chi connectivity index (χ4v) is 3.14. The molecule has 0 aliphatic carbocycles. The van der Waals surface area contributed by atoms with Gasteiger partial charge in [0, 0.05) is 19.5 Å². The lowest BCUT2D eigenvalue weighted by Crippen LogP contribution is -2.30. The number of amides is 2. The Morgan fingerprint density at radius 1 is 1.26 bits per heavy atom. The van der Waals surface area contributed by atoms with Gasteiger partial charge in [-0.1, -0.05) is 24.3 Å². The molecular formula is C21H21N3O3. The highest BCUT2D eigenvalue weighted by molar-refractivity contribution is 5.98. The number of ether oxygens (including phenoxy) is 1. The summed E-state index contributed by atoms with van der Waals surface area (Å²) in [6, 6.07) is 16.6. The fraction of sp³-hybridized carbons (Fsp3) is 0.286. The summed E-state index contributed by atoms with van der Waals surface area (Å²) in [4.78, 5) is 26.5. The molecule has 2 amide bonds. The van der Waals surface area contributed by atoms with Crippen molar-refractivity contribution in [1.29, 1.82) is 5.26 Å². The van der Waals surface area contributed by atoms with Crippen LogP contribution in [-0.2, 0) is 16.0 Å². The van der Waals surface area contributed by atoms with E-state index in [2.05, 4.69) is 11.4 Å². The zero-order chi connectivity index (χ0) is 19.2. The van der Waals surface area contributed by atoms with Crippen LogP contribution >= 0.6 is 0 Å². The summed E-state index contributed by atoms with van der Waals surface area (Å²) in [7, 11) is 1.62. The summed E-state index contributed by atoms with van der Waals surface area (Å²) in [5.74, 6) is 0.153. The third-order valence-electron chi connectivity index (χ3n) is 4.72. The molecule has 1 heterocycles. The quantitative estimate of drug-likeness (QED) is 0.855. The van der Waals surface area contributed by atoms with Gasteiger partial charge >= 0.3 is 0 Å². The van der Waals surface area contributed by atoms with Crippen molar-refractivity contribution < 1.29 is 14.3 Å². The van der Waals surface area contributed by atoms with E-state index in [9.17, 15) is 9.59 Å². The lowest BCUT2D eigenvalue weighted by Gasteiger charge is -2.17.